The Hall–Kier alpha value is -0.650. The second-order valence-corrected chi connectivity index (χ2v) is 4.77. The molecule has 2 unspecified atom stereocenters. The number of rotatable bonds is 3. The molecule has 1 heterocycles. The number of hydrogen-bond acceptors (Lipinski definition) is 3. The van der Waals surface area contributed by atoms with Crippen molar-refractivity contribution in [3.63, 3.8) is 0 Å². The first-order valence-corrected chi connectivity index (χ1v) is 6.31. The van der Waals surface area contributed by atoms with Crippen LogP contribution in [0.3, 0.4) is 0 Å². The van der Waals surface area contributed by atoms with Crippen molar-refractivity contribution in [2.45, 2.75) is 10.9 Å². The third-order valence-corrected chi connectivity index (χ3v) is 3.78. The lowest BCUT2D eigenvalue weighted by atomic mass is 10.1. The van der Waals surface area contributed by atoms with E-state index in [4.69, 9.17) is 14.2 Å². The van der Waals surface area contributed by atoms with Crippen LogP contribution in [0.1, 0.15) is 10.4 Å². The topological polar surface area (TPSA) is 27.7 Å². The molecule has 0 bridgehead atoms. The largest absolute Gasteiger partial charge is 0.494 e. The van der Waals surface area contributed by atoms with Crippen LogP contribution in [0.5, 0.6) is 5.75 Å². The SMILES string of the molecule is COc1ccc(C(Br)C2COCCO2)cc1F. The summed E-state index contributed by atoms with van der Waals surface area (Å²) in [5.74, 6) is -0.125. The molecule has 0 amide bonds. The molecule has 17 heavy (non-hydrogen) atoms. The number of halogens is 2. The molecule has 1 aromatic carbocycles. The molecule has 0 aliphatic carbocycles. The first kappa shape index (κ1) is 12.8. The van der Waals surface area contributed by atoms with Crippen LogP contribution in [0.4, 0.5) is 4.39 Å². The van der Waals surface area contributed by atoms with Gasteiger partial charge in [-0.3, -0.25) is 0 Å². The van der Waals surface area contributed by atoms with Crippen LogP contribution in [-0.4, -0.2) is 33.0 Å². The molecule has 1 fully saturated rings. The van der Waals surface area contributed by atoms with E-state index in [1.54, 1.807) is 6.07 Å². The molecule has 1 saturated heterocycles. The molecule has 3 nitrogen and oxygen atoms in total. The van der Waals surface area contributed by atoms with Crippen LogP contribution in [0.25, 0.3) is 0 Å². The van der Waals surface area contributed by atoms with Gasteiger partial charge in [-0.05, 0) is 17.7 Å². The van der Waals surface area contributed by atoms with Crippen molar-refractivity contribution in [1.29, 1.82) is 0 Å². The molecule has 1 aromatic rings. The van der Waals surface area contributed by atoms with Gasteiger partial charge in [0.15, 0.2) is 11.6 Å². The predicted molar refractivity (Wildman–Crippen MR) is 65.2 cm³/mol. The Morgan fingerprint density at radius 1 is 1.47 bits per heavy atom. The van der Waals surface area contributed by atoms with E-state index in [-0.39, 0.29) is 22.5 Å². The lowest BCUT2D eigenvalue weighted by molar-refractivity contribution is -0.0876. The minimum absolute atomic E-state index is 0.0804. The Labute approximate surface area is 108 Å². The van der Waals surface area contributed by atoms with Gasteiger partial charge >= 0.3 is 0 Å². The highest BCUT2D eigenvalue weighted by Crippen LogP contribution is 2.32. The predicted octanol–water partition coefficient (Wildman–Crippen LogP) is 2.69. The van der Waals surface area contributed by atoms with Crippen molar-refractivity contribution in [1.82, 2.24) is 0 Å². The quantitative estimate of drug-likeness (QED) is 0.804. The van der Waals surface area contributed by atoms with E-state index in [1.807, 2.05) is 6.07 Å². The van der Waals surface area contributed by atoms with Gasteiger partial charge in [0.2, 0.25) is 0 Å². The van der Waals surface area contributed by atoms with Gasteiger partial charge < -0.3 is 14.2 Å². The molecule has 0 saturated carbocycles. The molecule has 1 aliphatic heterocycles. The van der Waals surface area contributed by atoms with Gasteiger partial charge in [-0.25, -0.2) is 4.39 Å². The summed E-state index contributed by atoms with van der Waals surface area (Å²) in [4.78, 5) is -0.0804. The minimum Gasteiger partial charge on any atom is -0.494 e. The van der Waals surface area contributed by atoms with Crippen molar-refractivity contribution in [3.8, 4) is 5.75 Å². The van der Waals surface area contributed by atoms with Crippen molar-refractivity contribution in [2.75, 3.05) is 26.9 Å². The maximum atomic E-state index is 13.6. The molecular formula is C12H14BrFO3. The van der Waals surface area contributed by atoms with Gasteiger partial charge in [-0.15, -0.1) is 0 Å². The second kappa shape index (κ2) is 5.80. The van der Waals surface area contributed by atoms with Crippen LogP contribution in [0, 0.1) is 5.82 Å². The highest BCUT2D eigenvalue weighted by molar-refractivity contribution is 9.09. The van der Waals surface area contributed by atoms with E-state index in [1.165, 1.54) is 13.2 Å². The van der Waals surface area contributed by atoms with E-state index in [2.05, 4.69) is 15.9 Å². The molecule has 1 aliphatic rings. The van der Waals surface area contributed by atoms with E-state index in [0.29, 0.717) is 19.8 Å². The van der Waals surface area contributed by atoms with E-state index in [0.717, 1.165) is 5.56 Å². The zero-order chi connectivity index (χ0) is 12.3. The fourth-order valence-electron chi connectivity index (χ4n) is 1.74. The summed E-state index contributed by atoms with van der Waals surface area (Å²) in [5, 5.41) is 0. The van der Waals surface area contributed by atoms with E-state index in [9.17, 15) is 4.39 Å². The number of methoxy groups -OCH3 is 1. The average Bonchev–Trinajstić information content (AvgIpc) is 2.39. The van der Waals surface area contributed by atoms with Crippen LogP contribution < -0.4 is 4.74 Å². The molecule has 94 valence electrons. The Morgan fingerprint density at radius 3 is 2.88 bits per heavy atom. The molecule has 5 heteroatoms. The molecule has 0 aromatic heterocycles. The minimum atomic E-state index is -0.369. The van der Waals surface area contributed by atoms with Crippen LogP contribution in [0.15, 0.2) is 18.2 Å². The van der Waals surface area contributed by atoms with E-state index < -0.39 is 0 Å². The highest BCUT2D eigenvalue weighted by atomic mass is 79.9. The van der Waals surface area contributed by atoms with Crippen molar-refractivity contribution >= 4 is 15.9 Å². The van der Waals surface area contributed by atoms with Gasteiger partial charge in [0.25, 0.3) is 0 Å². The monoisotopic (exact) mass is 304 g/mol. The second-order valence-electron chi connectivity index (χ2n) is 3.78. The maximum absolute atomic E-state index is 13.6. The summed E-state index contributed by atoms with van der Waals surface area (Å²) in [5.41, 5.74) is 0.818. The van der Waals surface area contributed by atoms with Crippen LogP contribution >= 0.6 is 15.9 Å². The summed E-state index contributed by atoms with van der Waals surface area (Å²) in [6.45, 7) is 1.71. The number of ether oxygens (including phenoxy) is 3. The van der Waals surface area contributed by atoms with Gasteiger partial charge in [0, 0.05) is 0 Å². The third kappa shape index (κ3) is 2.97. The molecule has 0 radical (unpaired) electrons. The molecule has 2 rings (SSSR count). The first-order chi connectivity index (χ1) is 8.22. The molecule has 0 N–H and O–H groups in total. The molecular weight excluding hydrogens is 291 g/mol. The Morgan fingerprint density at radius 2 is 2.29 bits per heavy atom. The normalized spacial score (nSPS) is 22.2. The summed E-state index contributed by atoms with van der Waals surface area (Å²) >= 11 is 3.52. The standard InChI is InChI=1S/C12H14BrFO3/c1-15-10-3-2-8(6-9(10)14)12(13)11-7-16-4-5-17-11/h2-3,6,11-12H,4-5,7H2,1H3. The third-order valence-electron chi connectivity index (χ3n) is 2.66. The zero-order valence-corrected chi connectivity index (χ0v) is 11.1. The highest BCUT2D eigenvalue weighted by Gasteiger charge is 2.25. The lowest BCUT2D eigenvalue weighted by Gasteiger charge is -2.27. The number of benzene rings is 1. The van der Waals surface area contributed by atoms with Gasteiger partial charge in [0.05, 0.1) is 37.9 Å². The fraction of sp³-hybridized carbons (Fsp3) is 0.500. The average molecular weight is 305 g/mol. The van der Waals surface area contributed by atoms with Crippen molar-refractivity contribution < 1.29 is 18.6 Å². The van der Waals surface area contributed by atoms with Gasteiger partial charge in [-0.2, -0.15) is 0 Å². The van der Waals surface area contributed by atoms with Crippen molar-refractivity contribution in [2.24, 2.45) is 0 Å². The van der Waals surface area contributed by atoms with Crippen LogP contribution in [0.2, 0.25) is 0 Å². The first-order valence-electron chi connectivity index (χ1n) is 5.39. The fourth-order valence-corrected chi connectivity index (χ4v) is 2.33. The van der Waals surface area contributed by atoms with Crippen molar-refractivity contribution in [3.05, 3.63) is 29.6 Å². The summed E-state index contributed by atoms with van der Waals surface area (Å²) in [6.07, 6.45) is -0.0865. The molecule has 2 atom stereocenters. The summed E-state index contributed by atoms with van der Waals surface area (Å²) in [6, 6.07) is 4.89. The Balaban J connectivity index is 2.12. The summed E-state index contributed by atoms with van der Waals surface area (Å²) < 4.78 is 29.3. The molecule has 0 spiro atoms. The number of hydrogen-bond donors (Lipinski definition) is 0. The number of alkyl halides is 1. The smallest absolute Gasteiger partial charge is 0.165 e. The Bertz CT molecular complexity index is 380. The van der Waals surface area contributed by atoms with E-state index >= 15 is 0 Å². The summed E-state index contributed by atoms with van der Waals surface area (Å²) in [7, 11) is 1.45. The van der Waals surface area contributed by atoms with Gasteiger partial charge in [-0.1, -0.05) is 22.0 Å². The Kier molecular flexibility index (Phi) is 4.36. The maximum Gasteiger partial charge on any atom is 0.165 e. The van der Waals surface area contributed by atoms with Gasteiger partial charge in [0.1, 0.15) is 0 Å². The zero-order valence-electron chi connectivity index (χ0n) is 9.49. The van der Waals surface area contributed by atoms with Crippen LogP contribution in [-0.2, 0) is 9.47 Å². The lowest BCUT2D eigenvalue weighted by Crippen LogP contribution is -2.31.